The van der Waals surface area contributed by atoms with E-state index in [0.29, 0.717) is 23.5 Å². The Kier molecular flexibility index (Phi) is 2.94. The van der Waals surface area contributed by atoms with Crippen molar-refractivity contribution in [3.63, 3.8) is 0 Å². The Labute approximate surface area is 109 Å². The van der Waals surface area contributed by atoms with E-state index in [9.17, 15) is 8.42 Å². The summed E-state index contributed by atoms with van der Waals surface area (Å²) in [5.74, 6) is 2.08. The summed E-state index contributed by atoms with van der Waals surface area (Å²) in [6.07, 6.45) is 1.35. The van der Waals surface area contributed by atoms with E-state index in [1.165, 1.54) is 11.8 Å². The van der Waals surface area contributed by atoms with E-state index >= 15 is 0 Å². The van der Waals surface area contributed by atoms with Crippen molar-refractivity contribution < 1.29 is 8.42 Å². The molecule has 1 aliphatic carbocycles. The van der Waals surface area contributed by atoms with Gasteiger partial charge in [-0.1, -0.05) is 30.3 Å². The van der Waals surface area contributed by atoms with Gasteiger partial charge in [0.05, 0.1) is 5.75 Å². The quantitative estimate of drug-likeness (QED) is 0.826. The molecule has 0 N–H and O–H groups in total. The van der Waals surface area contributed by atoms with Crippen LogP contribution in [0.3, 0.4) is 0 Å². The fourth-order valence-corrected chi connectivity index (χ4v) is 4.50. The molecule has 1 saturated carbocycles. The standard InChI is InChI=1S/C14H19NO2S/c1-18(16,17)10-14-12-8-15(9-13(12)14)7-11-5-3-2-4-6-11/h2-6,12-14H,7-10H2,1H3/t12-,13+,14-. The number of hydrogen-bond acceptors (Lipinski definition) is 3. The summed E-state index contributed by atoms with van der Waals surface area (Å²) < 4.78 is 22.5. The third-order valence-corrected chi connectivity index (χ3v) is 5.18. The van der Waals surface area contributed by atoms with Crippen molar-refractivity contribution in [1.82, 2.24) is 4.90 Å². The second kappa shape index (κ2) is 4.35. The minimum absolute atomic E-state index is 0.390. The Morgan fingerprint density at radius 3 is 2.33 bits per heavy atom. The molecule has 1 aliphatic heterocycles. The molecule has 1 saturated heterocycles. The van der Waals surface area contributed by atoms with Crippen LogP contribution in [0, 0.1) is 17.8 Å². The van der Waals surface area contributed by atoms with E-state index < -0.39 is 9.84 Å². The molecule has 3 rings (SSSR count). The number of rotatable bonds is 4. The molecule has 1 aromatic carbocycles. The largest absolute Gasteiger partial charge is 0.298 e. The lowest BCUT2D eigenvalue weighted by molar-refractivity contribution is 0.282. The Morgan fingerprint density at radius 2 is 1.78 bits per heavy atom. The van der Waals surface area contributed by atoms with Gasteiger partial charge in [0.1, 0.15) is 9.84 Å². The molecular formula is C14H19NO2S. The summed E-state index contributed by atoms with van der Waals surface area (Å²) in [7, 11) is -2.80. The zero-order chi connectivity index (χ0) is 12.8. The highest BCUT2D eigenvalue weighted by molar-refractivity contribution is 7.90. The number of nitrogens with zero attached hydrogens (tertiary/aromatic N) is 1. The van der Waals surface area contributed by atoms with E-state index in [-0.39, 0.29) is 0 Å². The van der Waals surface area contributed by atoms with Crippen LogP contribution in [0.15, 0.2) is 30.3 Å². The van der Waals surface area contributed by atoms with Gasteiger partial charge in [-0.05, 0) is 23.3 Å². The number of hydrogen-bond donors (Lipinski definition) is 0. The first-order valence-corrected chi connectivity index (χ1v) is 8.53. The average Bonchev–Trinajstić information content (AvgIpc) is 2.73. The maximum Gasteiger partial charge on any atom is 0.147 e. The van der Waals surface area contributed by atoms with Gasteiger partial charge in [-0.15, -0.1) is 0 Å². The number of benzene rings is 1. The van der Waals surface area contributed by atoms with Crippen LogP contribution >= 0.6 is 0 Å². The average molecular weight is 265 g/mol. The van der Waals surface area contributed by atoms with Crippen LogP contribution < -0.4 is 0 Å². The van der Waals surface area contributed by atoms with Crippen LogP contribution in [0.2, 0.25) is 0 Å². The molecule has 0 unspecified atom stereocenters. The molecule has 3 atom stereocenters. The molecule has 1 aromatic rings. The molecule has 2 fully saturated rings. The van der Waals surface area contributed by atoms with Crippen LogP contribution in [-0.4, -0.2) is 38.4 Å². The Balaban J connectivity index is 1.52. The predicted molar refractivity (Wildman–Crippen MR) is 71.9 cm³/mol. The Morgan fingerprint density at radius 1 is 1.17 bits per heavy atom. The zero-order valence-electron chi connectivity index (χ0n) is 10.6. The first kappa shape index (κ1) is 12.2. The highest BCUT2D eigenvalue weighted by Gasteiger charge is 2.56. The summed E-state index contributed by atoms with van der Waals surface area (Å²) in [5.41, 5.74) is 1.35. The minimum Gasteiger partial charge on any atom is -0.298 e. The SMILES string of the molecule is CS(=O)(=O)C[C@@H]1[C@@H]2CN(Cc3ccccc3)C[C@@H]21. The lowest BCUT2D eigenvalue weighted by atomic mass is 10.2. The van der Waals surface area contributed by atoms with Crippen molar-refractivity contribution in [1.29, 1.82) is 0 Å². The Bertz CT molecular complexity index is 514. The molecule has 0 spiro atoms. The van der Waals surface area contributed by atoms with E-state index in [2.05, 4.69) is 29.2 Å². The van der Waals surface area contributed by atoms with Crippen molar-refractivity contribution in [2.75, 3.05) is 25.1 Å². The van der Waals surface area contributed by atoms with Gasteiger partial charge in [-0.2, -0.15) is 0 Å². The highest BCUT2D eigenvalue weighted by atomic mass is 32.2. The molecule has 0 bridgehead atoms. The monoisotopic (exact) mass is 265 g/mol. The second-order valence-electron chi connectivity index (χ2n) is 5.76. The lowest BCUT2D eigenvalue weighted by Gasteiger charge is -2.19. The molecule has 0 radical (unpaired) electrons. The summed E-state index contributed by atoms with van der Waals surface area (Å²) in [4.78, 5) is 2.45. The van der Waals surface area contributed by atoms with Gasteiger partial charge in [-0.3, -0.25) is 4.90 Å². The third kappa shape index (κ3) is 2.59. The number of sulfone groups is 1. The molecule has 1 heterocycles. The molecule has 2 aliphatic rings. The van der Waals surface area contributed by atoms with Crippen LogP contribution in [0.4, 0.5) is 0 Å². The van der Waals surface area contributed by atoms with Gasteiger partial charge in [-0.25, -0.2) is 8.42 Å². The molecule has 0 amide bonds. The third-order valence-electron chi connectivity index (χ3n) is 4.19. The molecule has 3 nitrogen and oxygen atoms in total. The smallest absolute Gasteiger partial charge is 0.147 e. The first-order chi connectivity index (χ1) is 8.53. The molecule has 98 valence electrons. The maximum absolute atomic E-state index is 11.3. The predicted octanol–water partition coefficient (Wildman–Crippen LogP) is 1.41. The summed E-state index contributed by atoms with van der Waals surface area (Å²) in [6.45, 7) is 3.14. The molecule has 18 heavy (non-hydrogen) atoms. The van der Waals surface area contributed by atoms with E-state index in [1.54, 1.807) is 0 Å². The highest BCUT2D eigenvalue weighted by Crippen LogP contribution is 2.52. The zero-order valence-corrected chi connectivity index (χ0v) is 11.4. The van der Waals surface area contributed by atoms with E-state index in [4.69, 9.17) is 0 Å². The van der Waals surface area contributed by atoms with Crippen LogP contribution in [0.25, 0.3) is 0 Å². The fraction of sp³-hybridized carbons (Fsp3) is 0.571. The van der Waals surface area contributed by atoms with Gasteiger partial charge >= 0.3 is 0 Å². The molecule has 0 aromatic heterocycles. The number of fused-ring (bicyclic) bond motifs is 1. The van der Waals surface area contributed by atoms with Crippen molar-refractivity contribution in [3.05, 3.63) is 35.9 Å². The van der Waals surface area contributed by atoms with Crippen molar-refractivity contribution in [3.8, 4) is 0 Å². The van der Waals surface area contributed by atoms with Gasteiger partial charge in [0, 0.05) is 25.9 Å². The second-order valence-corrected chi connectivity index (χ2v) is 7.95. The number of likely N-dealkylation sites (tertiary alicyclic amines) is 1. The molecule has 4 heteroatoms. The summed E-state index contributed by atoms with van der Waals surface area (Å²) >= 11 is 0. The molecular weight excluding hydrogens is 246 g/mol. The fourth-order valence-electron chi connectivity index (χ4n) is 3.30. The van der Waals surface area contributed by atoms with E-state index in [1.807, 2.05) is 6.07 Å². The lowest BCUT2D eigenvalue weighted by Crippen LogP contribution is -2.25. The van der Waals surface area contributed by atoms with Crippen molar-refractivity contribution >= 4 is 9.84 Å². The van der Waals surface area contributed by atoms with Gasteiger partial charge < -0.3 is 0 Å². The van der Waals surface area contributed by atoms with Crippen LogP contribution in [-0.2, 0) is 16.4 Å². The van der Waals surface area contributed by atoms with Crippen LogP contribution in [0.1, 0.15) is 5.56 Å². The maximum atomic E-state index is 11.3. The van der Waals surface area contributed by atoms with E-state index in [0.717, 1.165) is 19.6 Å². The number of piperidine rings is 1. The first-order valence-electron chi connectivity index (χ1n) is 6.47. The minimum atomic E-state index is -2.80. The topological polar surface area (TPSA) is 37.4 Å². The Hall–Kier alpha value is -0.870. The van der Waals surface area contributed by atoms with Gasteiger partial charge in [0.25, 0.3) is 0 Å². The summed E-state index contributed by atoms with van der Waals surface area (Å²) in [5, 5.41) is 0. The van der Waals surface area contributed by atoms with Crippen molar-refractivity contribution in [2.24, 2.45) is 17.8 Å². The summed E-state index contributed by atoms with van der Waals surface area (Å²) in [6, 6.07) is 10.5. The van der Waals surface area contributed by atoms with Crippen molar-refractivity contribution in [2.45, 2.75) is 6.54 Å². The van der Waals surface area contributed by atoms with Crippen LogP contribution in [0.5, 0.6) is 0 Å². The van der Waals surface area contributed by atoms with Gasteiger partial charge in [0.15, 0.2) is 0 Å². The normalized spacial score (nSPS) is 31.3. The van der Waals surface area contributed by atoms with Gasteiger partial charge in [0.2, 0.25) is 0 Å².